The average Bonchev–Trinajstić information content (AvgIpc) is 3.42. The molecule has 2 aromatic carbocycles. The van der Waals surface area contributed by atoms with Crippen LogP contribution in [0.25, 0.3) is 15.3 Å². The molecule has 1 saturated heterocycles. The predicted molar refractivity (Wildman–Crippen MR) is 143 cm³/mol. The van der Waals surface area contributed by atoms with Crippen molar-refractivity contribution in [1.29, 1.82) is 0 Å². The molecular formula is C25H26ClN5O3S2. The van der Waals surface area contributed by atoms with Crippen molar-refractivity contribution < 1.29 is 13.2 Å². The monoisotopic (exact) mass is 543 g/mol. The second-order valence-corrected chi connectivity index (χ2v) is 12.8. The van der Waals surface area contributed by atoms with Crippen molar-refractivity contribution in [3.8, 4) is 5.13 Å². The molecule has 3 heterocycles. The van der Waals surface area contributed by atoms with Crippen LogP contribution in [-0.2, 0) is 10.0 Å². The summed E-state index contributed by atoms with van der Waals surface area (Å²) in [5.41, 5.74) is 1.73. The lowest BCUT2D eigenvalue weighted by Gasteiger charge is -2.34. The zero-order valence-electron chi connectivity index (χ0n) is 20.1. The molecule has 1 N–H and O–H groups in total. The van der Waals surface area contributed by atoms with Gasteiger partial charge in [0.1, 0.15) is 11.3 Å². The molecule has 1 amide bonds. The number of para-hydroxylation sites is 1. The topological polar surface area (TPSA) is 97.2 Å². The number of anilines is 1. The first kappa shape index (κ1) is 24.9. The normalized spacial score (nSPS) is 19.0. The Morgan fingerprint density at radius 3 is 2.47 bits per heavy atom. The maximum absolute atomic E-state index is 13.2. The smallest absolute Gasteiger partial charge is 0.256 e. The number of aryl methyl sites for hydroxylation is 1. The van der Waals surface area contributed by atoms with Gasteiger partial charge in [-0.1, -0.05) is 42.9 Å². The molecule has 8 nitrogen and oxygen atoms in total. The number of hydrogen-bond acceptors (Lipinski definition) is 6. The van der Waals surface area contributed by atoms with Gasteiger partial charge in [-0.15, -0.1) is 0 Å². The number of sulfonamides is 1. The number of carbonyl (C=O) groups is 1. The van der Waals surface area contributed by atoms with Crippen LogP contribution >= 0.6 is 22.9 Å². The number of aromatic nitrogens is 3. The minimum Gasteiger partial charge on any atom is -0.306 e. The molecule has 2 unspecified atom stereocenters. The van der Waals surface area contributed by atoms with Crippen LogP contribution in [0.4, 0.5) is 5.82 Å². The molecule has 4 aromatic rings. The van der Waals surface area contributed by atoms with Crippen molar-refractivity contribution in [2.45, 2.75) is 32.1 Å². The lowest BCUT2D eigenvalue weighted by atomic mass is 9.94. The summed E-state index contributed by atoms with van der Waals surface area (Å²) < 4.78 is 30.3. The largest absolute Gasteiger partial charge is 0.306 e. The van der Waals surface area contributed by atoms with Crippen molar-refractivity contribution >= 4 is 54.9 Å². The summed E-state index contributed by atoms with van der Waals surface area (Å²) in [6, 6.07) is 13.4. The second-order valence-electron chi connectivity index (χ2n) is 9.41. The van der Waals surface area contributed by atoms with E-state index < -0.39 is 10.0 Å². The van der Waals surface area contributed by atoms with E-state index in [9.17, 15) is 13.2 Å². The molecule has 11 heteroatoms. The van der Waals surface area contributed by atoms with Crippen LogP contribution in [0.5, 0.6) is 0 Å². The van der Waals surface area contributed by atoms with Crippen molar-refractivity contribution in [1.82, 2.24) is 19.1 Å². The summed E-state index contributed by atoms with van der Waals surface area (Å²) in [4.78, 5) is 17.8. The Kier molecular flexibility index (Phi) is 6.63. The Labute approximate surface area is 219 Å². The van der Waals surface area contributed by atoms with Gasteiger partial charge >= 0.3 is 0 Å². The van der Waals surface area contributed by atoms with Gasteiger partial charge in [0, 0.05) is 24.7 Å². The highest BCUT2D eigenvalue weighted by atomic mass is 35.5. The highest BCUT2D eigenvalue weighted by molar-refractivity contribution is 7.89. The minimum absolute atomic E-state index is 0.188. The van der Waals surface area contributed by atoms with Crippen LogP contribution < -0.4 is 5.32 Å². The van der Waals surface area contributed by atoms with Crippen molar-refractivity contribution in [3.63, 3.8) is 0 Å². The van der Waals surface area contributed by atoms with E-state index in [1.807, 2.05) is 19.1 Å². The number of thiazole rings is 1. The van der Waals surface area contributed by atoms with Crippen LogP contribution in [0.1, 0.15) is 36.3 Å². The maximum Gasteiger partial charge on any atom is 0.256 e. The fourth-order valence-corrected chi connectivity index (χ4v) is 7.56. The maximum atomic E-state index is 13.2. The van der Waals surface area contributed by atoms with Gasteiger partial charge in [0.15, 0.2) is 0 Å². The molecule has 0 spiro atoms. The number of hydrogen-bond donors (Lipinski definition) is 1. The first-order valence-electron chi connectivity index (χ1n) is 11.7. The van der Waals surface area contributed by atoms with Crippen molar-refractivity contribution in [2.24, 2.45) is 11.8 Å². The SMILES string of the molecule is Cc1cc(NC(=O)c2ccc(S(=O)(=O)N3CC(C)CC(C)C3)cc2)n(-c2nc3c(Cl)cccc3s2)n1. The summed E-state index contributed by atoms with van der Waals surface area (Å²) in [7, 11) is -3.62. The second kappa shape index (κ2) is 9.59. The van der Waals surface area contributed by atoms with Crippen molar-refractivity contribution in [2.75, 3.05) is 18.4 Å². The molecule has 1 aliphatic rings. The van der Waals surface area contributed by atoms with E-state index in [4.69, 9.17) is 11.6 Å². The zero-order chi connectivity index (χ0) is 25.6. The molecule has 0 saturated carbocycles. The van der Waals surface area contributed by atoms with Crippen LogP contribution in [0.15, 0.2) is 53.4 Å². The average molecular weight is 544 g/mol. The summed E-state index contributed by atoms with van der Waals surface area (Å²) in [6.07, 6.45) is 1.02. The third-order valence-electron chi connectivity index (χ3n) is 6.20. The van der Waals surface area contributed by atoms with Gasteiger partial charge in [-0.2, -0.15) is 14.1 Å². The highest BCUT2D eigenvalue weighted by Gasteiger charge is 2.31. The number of benzene rings is 2. The van der Waals surface area contributed by atoms with Gasteiger partial charge in [0.25, 0.3) is 5.91 Å². The number of fused-ring (bicyclic) bond motifs is 1. The third-order valence-corrected chi connectivity index (χ3v) is 9.35. The lowest BCUT2D eigenvalue weighted by Crippen LogP contribution is -2.42. The lowest BCUT2D eigenvalue weighted by molar-refractivity contribution is 0.102. The molecule has 36 heavy (non-hydrogen) atoms. The number of amides is 1. The van der Waals surface area contributed by atoms with Crippen LogP contribution in [-0.4, -0.2) is 46.5 Å². The van der Waals surface area contributed by atoms with E-state index >= 15 is 0 Å². The number of nitrogens with one attached hydrogen (secondary N) is 1. The van der Waals surface area contributed by atoms with E-state index in [0.29, 0.717) is 57.7 Å². The van der Waals surface area contributed by atoms with E-state index in [0.717, 1.165) is 11.1 Å². The number of rotatable bonds is 5. The van der Waals surface area contributed by atoms with E-state index in [2.05, 4.69) is 29.2 Å². The summed E-state index contributed by atoms with van der Waals surface area (Å²) >= 11 is 7.69. The third kappa shape index (κ3) is 4.78. The molecule has 5 rings (SSSR count). The minimum atomic E-state index is -3.62. The standard InChI is InChI=1S/C25H26ClN5O3S2/c1-15-11-16(2)14-30(13-15)36(33,34)19-9-7-18(8-10-19)24(32)27-22-12-17(3)29-31(22)25-28-23-20(26)5-4-6-21(23)35-25/h4-10,12,15-16H,11,13-14H2,1-3H3,(H,27,32). The molecule has 1 fully saturated rings. The van der Waals surface area contributed by atoms with E-state index in [1.165, 1.54) is 35.6 Å². The number of nitrogens with zero attached hydrogens (tertiary/aromatic N) is 4. The summed E-state index contributed by atoms with van der Waals surface area (Å²) in [6.45, 7) is 6.99. The van der Waals surface area contributed by atoms with Crippen LogP contribution in [0.2, 0.25) is 5.02 Å². The molecule has 0 bridgehead atoms. The molecule has 2 atom stereocenters. The molecule has 2 aromatic heterocycles. The zero-order valence-corrected chi connectivity index (χ0v) is 22.5. The number of piperidine rings is 1. The number of carbonyl (C=O) groups excluding carboxylic acids is 1. The van der Waals surface area contributed by atoms with Gasteiger partial charge in [0.05, 0.1) is 20.3 Å². The Morgan fingerprint density at radius 2 is 1.81 bits per heavy atom. The van der Waals surface area contributed by atoms with Crippen LogP contribution in [0, 0.1) is 18.8 Å². The van der Waals surface area contributed by atoms with Gasteiger partial charge in [-0.3, -0.25) is 4.79 Å². The Hall–Kier alpha value is -2.79. The Morgan fingerprint density at radius 1 is 1.11 bits per heavy atom. The van der Waals surface area contributed by atoms with Gasteiger partial charge in [-0.25, -0.2) is 13.4 Å². The molecular weight excluding hydrogens is 518 g/mol. The molecule has 188 valence electrons. The fraction of sp³-hybridized carbons (Fsp3) is 0.320. The van der Waals surface area contributed by atoms with Gasteiger partial charge in [-0.05, 0) is 61.6 Å². The molecule has 0 aliphatic carbocycles. The summed E-state index contributed by atoms with van der Waals surface area (Å²) in [5.74, 6) is 0.710. The Balaban J connectivity index is 1.37. The fourth-order valence-electron chi connectivity index (χ4n) is 4.65. The van der Waals surface area contributed by atoms with Crippen LogP contribution in [0.3, 0.4) is 0 Å². The quantitative estimate of drug-likeness (QED) is 0.365. The molecule has 0 radical (unpaired) electrons. The highest BCUT2D eigenvalue weighted by Crippen LogP contribution is 2.31. The molecule has 1 aliphatic heterocycles. The predicted octanol–water partition coefficient (Wildman–Crippen LogP) is 5.36. The number of halogens is 1. The van der Waals surface area contributed by atoms with E-state index in [1.54, 1.807) is 21.1 Å². The summed E-state index contributed by atoms with van der Waals surface area (Å²) in [5, 5.41) is 8.48. The first-order valence-corrected chi connectivity index (χ1v) is 14.3. The Bertz CT molecular complexity index is 1540. The van der Waals surface area contributed by atoms with E-state index in [-0.39, 0.29) is 10.8 Å². The van der Waals surface area contributed by atoms with Gasteiger partial charge in [0.2, 0.25) is 15.2 Å². The van der Waals surface area contributed by atoms with Crippen molar-refractivity contribution in [3.05, 3.63) is 64.8 Å². The first-order chi connectivity index (χ1) is 17.1. The van der Waals surface area contributed by atoms with Gasteiger partial charge < -0.3 is 5.32 Å².